The van der Waals surface area contributed by atoms with Gasteiger partial charge in [0.1, 0.15) is 22.9 Å². The number of imidazole rings is 1. The van der Waals surface area contributed by atoms with E-state index in [4.69, 9.17) is 11.6 Å². The fourth-order valence-corrected chi connectivity index (χ4v) is 2.04. The summed E-state index contributed by atoms with van der Waals surface area (Å²) in [6, 6.07) is 9.26. The first kappa shape index (κ1) is 11.0. The number of phenols is 1. The maximum absolute atomic E-state index is 13.7. The van der Waals surface area contributed by atoms with E-state index >= 15 is 0 Å². The van der Waals surface area contributed by atoms with Gasteiger partial charge < -0.3 is 10.1 Å². The van der Waals surface area contributed by atoms with Crippen LogP contribution in [0.5, 0.6) is 5.75 Å². The van der Waals surface area contributed by atoms with Crippen LogP contribution in [0.1, 0.15) is 0 Å². The number of aromatic nitrogens is 2. The van der Waals surface area contributed by atoms with Gasteiger partial charge in [-0.15, -0.1) is 0 Å². The summed E-state index contributed by atoms with van der Waals surface area (Å²) in [6.45, 7) is 0. The third-order valence-electron chi connectivity index (χ3n) is 2.67. The molecule has 0 unspecified atom stereocenters. The zero-order valence-electron chi connectivity index (χ0n) is 9.11. The van der Waals surface area contributed by atoms with E-state index in [2.05, 4.69) is 9.97 Å². The zero-order valence-corrected chi connectivity index (χ0v) is 9.87. The van der Waals surface area contributed by atoms with Gasteiger partial charge in [0.2, 0.25) is 0 Å². The van der Waals surface area contributed by atoms with E-state index in [0.717, 1.165) is 11.6 Å². The molecule has 0 bridgehead atoms. The SMILES string of the molecule is Oc1ccc(-c2nc3c(Cl)cccc3[nH]2)c(F)c1. The van der Waals surface area contributed by atoms with Gasteiger partial charge in [-0.05, 0) is 24.3 Å². The molecule has 0 amide bonds. The maximum Gasteiger partial charge on any atom is 0.141 e. The van der Waals surface area contributed by atoms with Crippen LogP contribution in [0, 0.1) is 5.82 Å². The van der Waals surface area contributed by atoms with Crippen LogP contribution in [0.15, 0.2) is 36.4 Å². The van der Waals surface area contributed by atoms with Gasteiger partial charge in [0.05, 0.1) is 16.1 Å². The molecule has 0 fully saturated rings. The summed E-state index contributed by atoms with van der Waals surface area (Å²) in [5.74, 6) is -0.272. The number of aromatic amines is 1. The summed E-state index contributed by atoms with van der Waals surface area (Å²) in [6.07, 6.45) is 0. The van der Waals surface area contributed by atoms with Gasteiger partial charge in [0, 0.05) is 6.07 Å². The first-order valence-electron chi connectivity index (χ1n) is 5.28. The van der Waals surface area contributed by atoms with Crippen molar-refractivity contribution < 1.29 is 9.50 Å². The summed E-state index contributed by atoms with van der Waals surface area (Å²) in [4.78, 5) is 7.26. The summed E-state index contributed by atoms with van der Waals surface area (Å²) >= 11 is 6.01. The molecule has 0 aliphatic rings. The molecular formula is C13H8ClFN2O. The van der Waals surface area contributed by atoms with E-state index in [-0.39, 0.29) is 5.75 Å². The van der Waals surface area contributed by atoms with E-state index in [1.165, 1.54) is 12.1 Å². The molecule has 2 N–H and O–H groups in total. The Morgan fingerprint density at radius 2 is 2.06 bits per heavy atom. The molecule has 0 aliphatic carbocycles. The number of fused-ring (bicyclic) bond motifs is 1. The smallest absolute Gasteiger partial charge is 0.141 e. The minimum atomic E-state index is -0.537. The highest BCUT2D eigenvalue weighted by Crippen LogP contribution is 2.28. The predicted octanol–water partition coefficient (Wildman–Crippen LogP) is 3.73. The van der Waals surface area contributed by atoms with Crippen LogP contribution < -0.4 is 0 Å². The van der Waals surface area contributed by atoms with E-state index in [0.29, 0.717) is 21.9 Å². The summed E-state index contributed by atoms with van der Waals surface area (Å²) in [5, 5.41) is 9.69. The van der Waals surface area contributed by atoms with E-state index in [1.54, 1.807) is 12.1 Å². The number of H-pyrrole nitrogens is 1. The third-order valence-corrected chi connectivity index (χ3v) is 2.98. The summed E-state index contributed by atoms with van der Waals surface area (Å²) in [5.41, 5.74) is 1.63. The van der Waals surface area contributed by atoms with Crippen LogP contribution >= 0.6 is 11.6 Å². The molecule has 0 spiro atoms. The number of benzene rings is 2. The molecule has 1 aromatic heterocycles. The maximum atomic E-state index is 13.7. The molecule has 0 atom stereocenters. The molecule has 0 aliphatic heterocycles. The number of hydrogen-bond acceptors (Lipinski definition) is 2. The highest BCUT2D eigenvalue weighted by molar-refractivity contribution is 6.34. The lowest BCUT2D eigenvalue weighted by molar-refractivity contribution is 0.469. The standard InChI is InChI=1S/C13H8ClFN2O/c14-9-2-1-3-11-12(9)17-13(16-11)8-5-4-7(18)6-10(8)15/h1-6,18H,(H,16,17). The van der Waals surface area contributed by atoms with Crippen molar-refractivity contribution in [3.63, 3.8) is 0 Å². The fraction of sp³-hybridized carbons (Fsp3) is 0. The molecule has 3 aromatic rings. The van der Waals surface area contributed by atoms with Crippen molar-refractivity contribution >= 4 is 22.6 Å². The topological polar surface area (TPSA) is 48.9 Å². The van der Waals surface area contributed by atoms with Crippen molar-refractivity contribution in [2.45, 2.75) is 0 Å². The highest BCUT2D eigenvalue weighted by Gasteiger charge is 2.11. The molecule has 3 nitrogen and oxygen atoms in total. The Morgan fingerprint density at radius 3 is 2.78 bits per heavy atom. The molecule has 18 heavy (non-hydrogen) atoms. The zero-order chi connectivity index (χ0) is 12.7. The molecule has 2 aromatic carbocycles. The Labute approximate surface area is 107 Å². The quantitative estimate of drug-likeness (QED) is 0.702. The minimum absolute atomic E-state index is 0.120. The second kappa shape index (κ2) is 3.99. The fourth-order valence-electron chi connectivity index (χ4n) is 1.82. The lowest BCUT2D eigenvalue weighted by Crippen LogP contribution is -1.85. The molecule has 0 saturated carbocycles. The largest absolute Gasteiger partial charge is 0.508 e. The van der Waals surface area contributed by atoms with Crippen LogP contribution in [-0.2, 0) is 0 Å². The van der Waals surface area contributed by atoms with Crippen molar-refractivity contribution in [2.24, 2.45) is 0 Å². The summed E-state index contributed by atoms with van der Waals surface area (Å²) in [7, 11) is 0. The summed E-state index contributed by atoms with van der Waals surface area (Å²) < 4.78 is 13.7. The van der Waals surface area contributed by atoms with Gasteiger partial charge in [-0.2, -0.15) is 0 Å². The Kier molecular flexibility index (Phi) is 2.45. The third kappa shape index (κ3) is 1.71. The van der Waals surface area contributed by atoms with Gasteiger partial charge in [-0.25, -0.2) is 9.37 Å². The number of nitrogens with one attached hydrogen (secondary N) is 1. The Balaban J connectivity index is 2.23. The Morgan fingerprint density at radius 1 is 1.22 bits per heavy atom. The molecule has 1 heterocycles. The van der Waals surface area contributed by atoms with Crippen LogP contribution in [0.25, 0.3) is 22.4 Å². The van der Waals surface area contributed by atoms with Crippen LogP contribution in [-0.4, -0.2) is 15.1 Å². The number of nitrogens with zero attached hydrogens (tertiary/aromatic N) is 1. The lowest BCUT2D eigenvalue weighted by atomic mass is 10.2. The highest BCUT2D eigenvalue weighted by atomic mass is 35.5. The molecular weight excluding hydrogens is 255 g/mol. The number of rotatable bonds is 1. The lowest BCUT2D eigenvalue weighted by Gasteiger charge is -1.99. The van der Waals surface area contributed by atoms with Crippen molar-refractivity contribution in [3.05, 3.63) is 47.2 Å². The van der Waals surface area contributed by atoms with Crippen molar-refractivity contribution in [1.82, 2.24) is 9.97 Å². The van der Waals surface area contributed by atoms with Crippen molar-refractivity contribution in [2.75, 3.05) is 0 Å². The number of hydrogen-bond donors (Lipinski definition) is 2. The number of para-hydroxylation sites is 1. The van der Waals surface area contributed by atoms with Gasteiger partial charge in [-0.3, -0.25) is 0 Å². The average molecular weight is 263 g/mol. The normalized spacial score (nSPS) is 11.0. The van der Waals surface area contributed by atoms with Crippen LogP contribution in [0.2, 0.25) is 5.02 Å². The first-order valence-corrected chi connectivity index (χ1v) is 5.66. The molecule has 0 radical (unpaired) electrons. The number of phenolic OH excluding ortho intramolecular Hbond substituents is 1. The number of aromatic hydroxyl groups is 1. The van der Waals surface area contributed by atoms with Crippen molar-refractivity contribution in [1.29, 1.82) is 0 Å². The Bertz CT molecular complexity index is 739. The average Bonchev–Trinajstić information content (AvgIpc) is 2.74. The van der Waals surface area contributed by atoms with Crippen LogP contribution in [0.3, 0.4) is 0 Å². The van der Waals surface area contributed by atoms with Gasteiger partial charge in [-0.1, -0.05) is 17.7 Å². The monoisotopic (exact) mass is 262 g/mol. The second-order valence-corrected chi connectivity index (χ2v) is 4.29. The van der Waals surface area contributed by atoms with Gasteiger partial charge in [0.25, 0.3) is 0 Å². The Hall–Kier alpha value is -2.07. The molecule has 5 heteroatoms. The van der Waals surface area contributed by atoms with Gasteiger partial charge in [0.15, 0.2) is 0 Å². The van der Waals surface area contributed by atoms with E-state index in [9.17, 15) is 9.50 Å². The first-order chi connectivity index (χ1) is 8.65. The molecule has 90 valence electrons. The second-order valence-electron chi connectivity index (χ2n) is 3.89. The van der Waals surface area contributed by atoms with E-state index < -0.39 is 5.82 Å². The predicted molar refractivity (Wildman–Crippen MR) is 68.2 cm³/mol. The van der Waals surface area contributed by atoms with Gasteiger partial charge >= 0.3 is 0 Å². The number of halogens is 2. The van der Waals surface area contributed by atoms with Crippen LogP contribution in [0.4, 0.5) is 4.39 Å². The molecule has 0 saturated heterocycles. The molecule has 3 rings (SSSR count). The van der Waals surface area contributed by atoms with Crippen molar-refractivity contribution in [3.8, 4) is 17.1 Å². The van der Waals surface area contributed by atoms with E-state index in [1.807, 2.05) is 6.07 Å². The minimum Gasteiger partial charge on any atom is -0.508 e.